The van der Waals surface area contributed by atoms with Crippen LogP contribution in [0.1, 0.15) is 19.4 Å². The van der Waals surface area contributed by atoms with E-state index in [2.05, 4.69) is 5.32 Å². The van der Waals surface area contributed by atoms with Crippen molar-refractivity contribution in [1.82, 2.24) is 0 Å². The summed E-state index contributed by atoms with van der Waals surface area (Å²) < 4.78 is 10.4. The third-order valence-corrected chi connectivity index (χ3v) is 3.99. The minimum absolute atomic E-state index is 0.132. The zero-order valence-corrected chi connectivity index (χ0v) is 14.4. The number of benzene rings is 2. The van der Waals surface area contributed by atoms with Crippen LogP contribution in [0.15, 0.2) is 42.5 Å². The lowest BCUT2D eigenvalue weighted by Crippen LogP contribution is -2.34. The standard InChI is InChI=1S/C18H20ClNO3/c1-18(2,12-6-5-7-13(19)10-12)17(21)20-14-8-9-15(22-3)16(11-14)23-4/h5-11H,1-4H3,(H,20,21). The summed E-state index contributed by atoms with van der Waals surface area (Å²) in [5.74, 6) is 1.04. The van der Waals surface area contributed by atoms with Crippen molar-refractivity contribution in [3.63, 3.8) is 0 Å². The van der Waals surface area contributed by atoms with E-state index in [4.69, 9.17) is 21.1 Å². The Hall–Kier alpha value is -2.20. The molecule has 0 aliphatic rings. The van der Waals surface area contributed by atoms with Crippen LogP contribution >= 0.6 is 11.6 Å². The summed E-state index contributed by atoms with van der Waals surface area (Å²) in [5.41, 5.74) is 0.767. The Morgan fingerprint density at radius 1 is 1.04 bits per heavy atom. The molecule has 0 aliphatic carbocycles. The van der Waals surface area contributed by atoms with Crippen molar-refractivity contribution in [1.29, 1.82) is 0 Å². The number of nitrogens with one attached hydrogen (secondary N) is 1. The number of hydrogen-bond acceptors (Lipinski definition) is 3. The highest BCUT2D eigenvalue weighted by atomic mass is 35.5. The summed E-state index contributed by atoms with van der Waals surface area (Å²) in [4.78, 5) is 12.7. The van der Waals surface area contributed by atoms with Crippen LogP contribution in [0.4, 0.5) is 5.69 Å². The van der Waals surface area contributed by atoms with Gasteiger partial charge in [-0.15, -0.1) is 0 Å². The number of carbonyl (C=O) groups is 1. The van der Waals surface area contributed by atoms with E-state index < -0.39 is 5.41 Å². The Balaban J connectivity index is 2.24. The van der Waals surface area contributed by atoms with Gasteiger partial charge in [0.05, 0.1) is 19.6 Å². The van der Waals surface area contributed by atoms with Gasteiger partial charge >= 0.3 is 0 Å². The van der Waals surface area contributed by atoms with Crippen molar-refractivity contribution >= 4 is 23.2 Å². The van der Waals surface area contributed by atoms with Gasteiger partial charge in [0.1, 0.15) is 0 Å². The van der Waals surface area contributed by atoms with E-state index in [0.29, 0.717) is 22.2 Å². The van der Waals surface area contributed by atoms with Gasteiger partial charge in [0.25, 0.3) is 0 Å². The molecular formula is C18H20ClNO3. The Kier molecular flexibility index (Phi) is 5.16. The fourth-order valence-corrected chi connectivity index (χ4v) is 2.40. The Morgan fingerprint density at radius 3 is 2.35 bits per heavy atom. The van der Waals surface area contributed by atoms with Gasteiger partial charge in [-0.25, -0.2) is 0 Å². The van der Waals surface area contributed by atoms with Crippen molar-refractivity contribution in [2.75, 3.05) is 19.5 Å². The predicted octanol–water partition coefficient (Wildman–Crippen LogP) is 4.27. The third-order valence-electron chi connectivity index (χ3n) is 3.76. The molecule has 23 heavy (non-hydrogen) atoms. The van der Waals surface area contributed by atoms with Crippen LogP contribution in [0, 0.1) is 0 Å². The summed E-state index contributed by atoms with van der Waals surface area (Å²) in [5, 5.41) is 3.51. The van der Waals surface area contributed by atoms with Gasteiger partial charge in [0, 0.05) is 16.8 Å². The van der Waals surface area contributed by atoms with Crippen LogP contribution in [-0.4, -0.2) is 20.1 Å². The fourth-order valence-electron chi connectivity index (χ4n) is 2.21. The number of ether oxygens (including phenoxy) is 2. The molecular weight excluding hydrogens is 314 g/mol. The molecule has 4 nitrogen and oxygen atoms in total. The molecule has 2 aromatic rings. The first-order valence-electron chi connectivity index (χ1n) is 7.18. The van der Waals surface area contributed by atoms with Crippen molar-refractivity contribution in [3.8, 4) is 11.5 Å². The molecule has 2 aromatic carbocycles. The normalized spacial score (nSPS) is 11.0. The van der Waals surface area contributed by atoms with Gasteiger partial charge < -0.3 is 14.8 Å². The molecule has 0 aliphatic heterocycles. The van der Waals surface area contributed by atoms with Crippen LogP contribution in [0.3, 0.4) is 0 Å². The Morgan fingerprint density at radius 2 is 1.74 bits per heavy atom. The van der Waals surface area contributed by atoms with Crippen LogP contribution in [-0.2, 0) is 10.2 Å². The molecule has 0 fully saturated rings. The van der Waals surface area contributed by atoms with Gasteiger partial charge in [-0.1, -0.05) is 23.7 Å². The molecule has 0 aromatic heterocycles. The average Bonchev–Trinajstić information content (AvgIpc) is 2.54. The minimum atomic E-state index is -0.724. The summed E-state index contributed by atoms with van der Waals surface area (Å²) in [6.45, 7) is 3.71. The minimum Gasteiger partial charge on any atom is -0.493 e. The zero-order valence-electron chi connectivity index (χ0n) is 13.6. The smallest absolute Gasteiger partial charge is 0.234 e. The molecule has 0 spiro atoms. The van der Waals surface area contributed by atoms with E-state index in [0.717, 1.165) is 5.56 Å². The number of methoxy groups -OCH3 is 2. The molecule has 0 unspecified atom stereocenters. The summed E-state index contributed by atoms with van der Waals surface area (Å²) in [7, 11) is 3.12. The molecule has 0 heterocycles. The summed E-state index contributed by atoms with van der Waals surface area (Å²) in [6, 6.07) is 12.6. The Labute approximate surface area is 141 Å². The summed E-state index contributed by atoms with van der Waals surface area (Å²) >= 11 is 6.03. The van der Waals surface area contributed by atoms with Crippen LogP contribution in [0.5, 0.6) is 11.5 Å². The highest BCUT2D eigenvalue weighted by Crippen LogP contribution is 2.31. The highest BCUT2D eigenvalue weighted by molar-refractivity contribution is 6.30. The molecule has 2 rings (SSSR count). The second-order valence-electron chi connectivity index (χ2n) is 5.66. The first-order chi connectivity index (χ1) is 10.9. The maximum absolute atomic E-state index is 12.7. The fraction of sp³-hybridized carbons (Fsp3) is 0.278. The molecule has 122 valence electrons. The second-order valence-corrected chi connectivity index (χ2v) is 6.10. The molecule has 1 amide bonds. The molecule has 1 N–H and O–H groups in total. The van der Waals surface area contributed by atoms with Crippen molar-refractivity contribution in [2.45, 2.75) is 19.3 Å². The van der Waals surface area contributed by atoms with Crippen molar-refractivity contribution < 1.29 is 14.3 Å². The first kappa shape index (κ1) is 17.2. The highest BCUT2D eigenvalue weighted by Gasteiger charge is 2.30. The van der Waals surface area contributed by atoms with E-state index in [1.807, 2.05) is 26.0 Å². The van der Waals surface area contributed by atoms with E-state index in [9.17, 15) is 4.79 Å². The maximum Gasteiger partial charge on any atom is 0.234 e. The molecule has 0 saturated carbocycles. The molecule has 0 radical (unpaired) electrons. The SMILES string of the molecule is COc1ccc(NC(=O)C(C)(C)c2cccc(Cl)c2)cc1OC. The summed E-state index contributed by atoms with van der Waals surface area (Å²) in [6.07, 6.45) is 0. The largest absolute Gasteiger partial charge is 0.493 e. The van der Waals surface area contributed by atoms with Crippen LogP contribution < -0.4 is 14.8 Å². The zero-order chi connectivity index (χ0) is 17.0. The van der Waals surface area contributed by atoms with E-state index in [1.165, 1.54) is 0 Å². The van der Waals surface area contributed by atoms with Crippen molar-refractivity contribution in [3.05, 3.63) is 53.1 Å². The van der Waals surface area contributed by atoms with E-state index >= 15 is 0 Å². The monoisotopic (exact) mass is 333 g/mol. The van der Waals surface area contributed by atoms with Gasteiger partial charge in [-0.05, 0) is 43.7 Å². The Bertz CT molecular complexity index is 713. The number of carbonyl (C=O) groups excluding carboxylic acids is 1. The quantitative estimate of drug-likeness (QED) is 0.888. The molecule has 5 heteroatoms. The molecule has 0 atom stereocenters. The topological polar surface area (TPSA) is 47.6 Å². The van der Waals surface area contributed by atoms with E-state index in [-0.39, 0.29) is 5.91 Å². The number of amides is 1. The lowest BCUT2D eigenvalue weighted by molar-refractivity contribution is -0.120. The second kappa shape index (κ2) is 6.92. The molecule has 0 saturated heterocycles. The average molecular weight is 334 g/mol. The number of rotatable bonds is 5. The number of halogens is 1. The van der Waals surface area contributed by atoms with Crippen molar-refractivity contribution in [2.24, 2.45) is 0 Å². The number of hydrogen-bond donors (Lipinski definition) is 1. The van der Waals surface area contributed by atoms with Crippen LogP contribution in [0.2, 0.25) is 5.02 Å². The van der Waals surface area contributed by atoms with Gasteiger partial charge in [0.2, 0.25) is 5.91 Å². The van der Waals surface area contributed by atoms with Gasteiger partial charge in [-0.3, -0.25) is 4.79 Å². The van der Waals surface area contributed by atoms with Gasteiger partial charge in [-0.2, -0.15) is 0 Å². The lowest BCUT2D eigenvalue weighted by atomic mass is 9.83. The molecule has 0 bridgehead atoms. The number of anilines is 1. The maximum atomic E-state index is 12.7. The van der Waals surface area contributed by atoms with E-state index in [1.54, 1.807) is 44.6 Å². The first-order valence-corrected chi connectivity index (χ1v) is 7.56. The van der Waals surface area contributed by atoms with Crippen LogP contribution in [0.25, 0.3) is 0 Å². The third kappa shape index (κ3) is 3.77. The lowest BCUT2D eigenvalue weighted by Gasteiger charge is -2.24. The van der Waals surface area contributed by atoms with Gasteiger partial charge in [0.15, 0.2) is 11.5 Å². The predicted molar refractivity (Wildman–Crippen MR) is 92.7 cm³/mol.